The molecule has 1 saturated heterocycles. The second-order valence-electron chi connectivity index (χ2n) is 8.46. The molecule has 1 saturated carbocycles. The van der Waals surface area contributed by atoms with Crippen molar-refractivity contribution in [1.82, 2.24) is 15.6 Å². The van der Waals surface area contributed by atoms with Crippen molar-refractivity contribution in [2.75, 3.05) is 37.7 Å². The first kappa shape index (κ1) is 21.6. The third-order valence-electron chi connectivity index (χ3n) is 6.03. The zero-order valence-corrected chi connectivity index (χ0v) is 18.4. The third-order valence-corrected chi connectivity index (χ3v) is 6.03. The fourth-order valence-electron chi connectivity index (χ4n) is 4.07. The Balaban J connectivity index is 1.36. The minimum absolute atomic E-state index is 0.121. The molecule has 7 heteroatoms. The first-order chi connectivity index (χ1) is 15.1. The van der Waals surface area contributed by atoms with E-state index in [0.29, 0.717) is 13.1 Å². The number of aromatic nitrogens is 1. The van der Waals surface area contributed by atoms with Crippen molar-refractivity contribution < 1.29 is 9.13 Å². The molecular weight excluding hydrogens is 393 g/mol. The Bertz CT molecular complexity index is 897. The molecule has 1 aromatic carbocycles. The SMILES string of the molecule is CCNC(=NCc1ccc(N2CCOC(C)C2)nc1)NCC1(c2ccccc2F)CC1. The van der Waals surface area contributed by atoms with Crippen LogP contribution < -0.4 is 15.5 Å². The van der Waals surface area contributed by atoms with Crippen LogP contribution in [0.25, 0.3) is 0 Å². The minimum atomic E-state index is -0.125. The lowest BCUT2D eigenvalue weighted by Crippen LogP contribution is -2.41. The van der Waals surface area contributed by atoms with Gasteiger partial charge in [-0.05, 0) is 49.9 Å². The predicted molar refractivity (Wildman–Crippen MR) is 122 cm³/mol. The molecule has 2 aliphatic rings. The van der Waals surface area contributed by atoms with Crippen molar-refractivity contribution in [3.8, 4) is 0 Å². The molecule has 166 valence electrons. The molecule has 1 atom stereocenters. The Labute approximate surface area is 183 Å². The summed E-state index contributed by atoms with van der Waals surface area (Å²) in [4.78, 5) is 11.6. The maximum Gasteiger partial charge on any atom is 0.191 e. The quantitative estimate of drug-likeness (QED) is 0.527. The van der Waals surface area contributed by atoms with Crippen molar-refractivity contribution in [3.63, 3.8) is 0 Å². The number of hydrogen-bond acceptors (Lipinski definition) is 4. The number of guanidine groups is 1. The van der Waals surface area contributed by atoms with Crippen LogP contribution in [0.2, 0.25) is 0 Å². The van der Waals surface area contributed by atoms with Crippen LogP contribution in [0.15, 0.2) is 47.6 Å². The van der Waals surface area contributed by atoms with Crippen LogP contribution in [0.4, 0.5) is 10.2 Å². The number of rotatable bonds is 7. The fourth-order valence-corrected chi connectivity index (χ4v) is 4.07. The molecule has 2 aromatic rings. The van der Waals surface area contributed by atoms with E-state index >= 15 is 0 Å². The number of nitrogens with zero attached hydrogens (tertiary/aromatic N) is 3. The van der Waals surface area contributed by atoms with Gasteiger partial charge in [-0.2, -0.15) is 0 Å². The molecule has 1 unspecified atom stereocenters. The molecule has 31 heavy (non-hydrogen) atoms. The number of benzene rings is 1. The maximum atomic E-state index is 14.3. The standard InChI is InChI=1S/C24H32FN5O/c1-3-26-23(29-17-24(10-11-24)20-6-4-5-7-21(20)25)28-15-19-8-9-22(27-14-19)30-12-13-31-18(2)16-30/h4-9,14,18H,3,10-13,15-17H2,1-2H3,(H2,26,28,29). The van der Waals surface area contributed by atoms with Crippen LogP contribution in [0.1, 0.15) is 37.8 Å². The van der Waals surface area contributed by atoms with Crippen LogP contribution in [0, 0.1) is 5.82 Å². The summed E-state index contributed by atoms with van der Waals surface area (Å²) in [6.07, 6.45) is 4.11. The highest BCUT2D eigenvalue weighted by atomic mass is 19.1. The summed E-state index contributed by atoms with van der Waals surface area (Å²) in [5.41, 5.74) is 1.73. The number of anilines is 1. The lowest BCUT2D eigenvalue weighted by atomic mass is 9.95. The molecule has 1 aliphatic heterocycles. The first-order valence-corrected chi connectivity index (χ1v) is 11.2. The van der Waals surface area contributed by atoms with E-state index in [9.17, 15) is 4.39 Å². The highest BCUT2D eigenvalue weighted by Crippen LogP contribution is 2.48. The van der Waals surface area contributed by atoms with Gasteiger partial charge in [0.25, 0.3) is 0 Å². The number of aliphatic imine (C=N–C) groups is 1. The van der Waals surface area contributed by atoms with Gasteiger partial charge in [-0.25, -0.2) is 14.4 Å². The number of morpholine rings is 1. The van der Waals surface area contributed by atoms with Crippen LogP contribution in [-0.4, -0.2) is 49.8 Å². The van der Waals surface area contributed by atoms with Crippen molar-refractivity contribution in [2.45, 2.75) is 44.8 Å². The normalized spacial score (nSPS) is 20.4. The van der Waals surface area contributed by atoms with Crippen LogP contribution in [-0.2, 0) is 16.7 Å². The number of ether oxygens (including phenoxy) is 1. The molecule has 2 heterocycles. The maximum absolute atomic E-state index is 14.3. The van der Waals surface area contributed by atoms with E-state index in [1.54, 1.807) is 12.1 Å². The summed E-state index contributed by atoms with van der Waals surface area (Å²) in [7, 11) is 0. The van der Waals surface area contributed by atoms with Crippen LogP contribution >= 0.6 is 0 Å². The number of pyridine rings is 1. The van der Waals surface area contributed by atoms with Crippen molar-refractivity contribution in [2.24, 2.45) is 4.99 Å². The second-order valence-corrected chi connectivity index (χ2v) is 8.46. The summed E-state index contributed by atoms with van der Waals surface area (Å²) in [6.45, 7) is 8.58. The van der Waals surface area contributed by atoms with Gasteiger partial charge in [-0.1, -0.05) is 24.3 Å². The van der Waals surface area contributed by atoms with E-state index in [1.165, 1.54) is 0 Å². The van der Waals surface area contributed by atoms with Gasteiger partial charge in [0.2, 0.25) is 0 Å². The summed E-state index contributed by atoms with van der Waals surface area (Å²) in [6, 6.07) is 11.2. The summed E-state index contributed by atoms with van der Waals surface area (Å²) < 4.78 is 19.9. The molecule has 4 rings (SSSR count). The monoisotopic (exact) mass is 425 g/mol. The van der Waals surface area contributed by atoms with Gasteiger partial charge in [0.1, 0.15) is 11.6 Å². The van der Waals surface area contributed by atoms with Crippen molar-refractivity contribution in [1.29, 1.82) is 0 Å². The molecule has 0 amide bonds. The van der Waals surface area contributed by atoms with Gasteiger partial charge >= 0.3 is 0 Å². The molecule has 0 spiro atoms. The number of halogens is 1. The largest absolute Gasteiger partial charge is 0.375 e. The zero-order chi connectivity index (χ0) is 21.7. The van der Waals surface area contributed by atoms with Gasteiger partial charge in [-0.15, -0.1) is 0 Å². The second kappa shape index (κ2) is 9.64. The van der Waals surface area contributed by atoms with Crippen molar-refractivity contribution >= 4 is 11.8 Å². The Morgan fingerprint density at radius 1 is 1.26 bits per heavy atom. The molecule has 6 nitrogen and oxygen atoms in total. The van der Waals surface area contributed by atoms with E-state index in [2.05, 4.69) is 39.6 Å². The van der Waals surface area contributed by atoms with Gasteiger partial charge in [0.05, 0.1) is 19.3 Å². The zero-order valence-electron chi connectivity index (χ0n) is 18.4. The first-order valence-electron chi connectivity index (χ1n) is 11.2. The highest BCUT2D eigenvalue weighted by molar-refractivity contribution is 5.80. The van der Waals surface area contributed by atoms with Gasteiger partial charge in [0, 0.05) is 37.8 Å². The van der Waals surface area contributed by atoms with Crippen LogP contribution in [0.3, 0.4) is 0 Å². The molecule has 0 bridgehead atoms. The van der Waals surface area contributed by atoms with E-state index in [1.807, 2.05) is 25.3 Å². The average Bonchev–Trinajstić information content (AvgIpc) is 3.57. The summed E-state index contributed by atoms with van der Waals surface area (Å²) in [5.74, 6) is 1.61. The van der Waals surface area contributed by atoms with E-state index in [-0.39, 0.29) is 17.3 Å². The number of nitrogens with one attached hydrogen (secondary N) is 2. The predicted octanol–water partition coefficient (Wildman–Crippen LogP) is 3.23. The molecule has 2 fully saturated rings. The lowest BCUT2D eigenvalue weighted by molar-refractivity contribution is 0.0529. The highest BCUT2D eigenvalue weighted by Gasteiger charge is 2.45. The minimum Gasteiger partial charge on any atom is -0.375 e. The van der Waals surface area contributed by atoms with Gasteiger partial charge < -0.3 is 20.3 Å². The van der Waals surface area contributed by atoms with Crippen molar-refractivity contribution in [3.05, 3.63) is 59.5 Å². The number of hydrogen-bond donors (Lipinski definition) is 2. The smallest absolute Gasteiger partial charge is 0.191 e. The Morgan fingerprint density at radius 3 is 2.77 bits per heavy atom. The van der Waals surface area contributed by atoms with E-state index in [0.717, 1.165) is 62.0 Å². The molecule has 1 aliphatic carbocycles. The summed E-state index contributed by atoms with van der Waals surface area (Å²) in [5, 5.41) is 6.71. The Hall–Kier alpha value is -2.67. The fraction of sp³-hybridized carbons (Fsp3) is 0.500. The third kappa shape index (κ3) is 5.34. The van der Waals surface area contributed by atoms with Gasteiger partial charge in [0.15, 0.2) is 5.96 Å². The van der Waals surface area contributed by atoms with E-state index in [4.69, 9.17) is 9.73 Å². The molecule has 2 N–H and O–H groups in total. The average molecular weight is 426 g/mol. The topological polar surface area (TPSA) is 61.8 Å². The lowest BCUT2D eigenvalue weighted by Gasteiger charge is -2.32. The Kier molecular flexibility index (Phi) is 6.70. The molecular formula is C24H32FN5O. The molecule has 1 aromatic heterocycles. The van der Waals surface area contributed by atoms with Gasteiger partial charge in [-0.3, -0.25) is 0 Å². The molecule has 0 radical (unpaired) electrons. The van der Waals surface area contributed by atoms with E-state index < -0.39 is 0 Å². The summed E-state index contributed by atoms with van der Waals surface area (Å²) >= 11 is 0. The Morgan fingerprint density at radius 2 is 2.10 bits per heavy atom. The van der Waals surface area contributed by atoms with Crippen LogP contribution in [0.5, 0.6) is 0 Å².